The molecule has 2 heteroatoms. The van der Waals surface area contributed by atoms with Crippen LogP contribution in [0.5, 0.6) is 0 Å². The average molecular weight is 276 g/mol. The van der Waals surface area contributed by atoms with E-state index in [1.54, 1.807) is 0 Å². The van der Waals surface area contributed by atoms with Crippen LogP contribution in [0.25, 0.3) is 0 Å². The molecule has 1 atom stereocenters. The number of unbranched alkanes of at least 4 members (excludes halogenated alkanes) is 2. The van der Waals surface area contributed by atoms with Gasteiger partial charge >= 0.3 is 0 Å². The van der Waals surface area contributed by atoms with E-state index < -0.39 is 0 Å². The van der Waals surface area contributed by atoms with E-state index in [1.165, 1.54) is 36.9 Å². The summed E-state index contributed by atoms with van der Waals surface area (Å²) in [6.45, 7) is 12.2. The third kappa shape index (κ3) is 5.96. The average Bonchev–Trinajstić information content (AvgIpc) is 2.45. The van der Waals surface area contributed by atoms with Gasteiger partial charge < -0.3 is 10.2 Å². The number of rotatable bonds is 10. The van der Waals surface area contributed by atoms with Crippen LogP contribution in [0.4, 0.5) is 5.69 Å². The van der Waals surface area contributed by atoms with Crippen molar-refractivity contribution in [1.29, 1.82) is 0 Å². The van der Waals surface area contributed by atoms with Crippen molar-refractivity contribution in [2.75, 3.05) is 24.5 Å². The topological polar surface area (TPSA) is 15.3 Å². The first-order valence-electron chi connectivity index (χ1n) is 8.23. The Morgan fingerprint density at radius 1 is 1.15 bits per heavy atom. The third-order valence-electron chi connectivity index (χ3n) is 3.95. The Morgan fingerprint density at radius 2 is 1.90 bits per heavy atom. The zero-order valence-corrected chi connectivity index (χ0v) is 13.8. The maximum Gasteiger partial charge on any atom is 0.0396 e. The highest BCUT2D eigenvalue weighted by Crippen LogP contribution is 2.18. The van der Waals surface area contributed by atoms with E-state index >= 15 is 0 Å². The molecule has 1 aromatic rings. The Morgan fingerprint density at radius 3 is 2.55 bits per heavy atom. The largest absolute Gasteiger partial charge is 0.370 e. The fourth-order valence-corrected chi connectivity index (χ4v) is 2.62. The van der Waals surface area contributed by atoms with Crippen LogP contribution in [-0.2, 0) is 0 Å². The number of nitrogens with one attached hydrogen (secondary N) is 1. The van der Waals surface area contributed by atoms with Crippen molar-refractivity contribution >= 4 is 5.69 Å². The third-order valence-corrected chi connectivity index (χ3v) is 3.95. The molecule has 20 heavy (non-hydrogen) atoms. The molecule has 0 amide bonds. The zero-order chi connectivity index (χ0) is 14.8. The van der Waals surface area contributed by atoms with E-state index in [9.17, 15) is 0 Å². The zero-order valence-electron chi connectivity index (χ0n) is 13.8. The molecule has 1 unspecified atom stereocenters. The molecule has 0 saturated heterocycles. The summed E-state index contributed by atoms with van der Waals surface area (Å²) in [6.07, 6.45) is 5.31. The summed E-state index contributed by atoms with van der Waals surface area (Å²) in [5, 5.41) is 3.65. The predicted octanol–water partition coefficient (Wildman–Crippen LogP) is 4.38. The molecule has 0 radical (unpaired) electrons. The summed E-state index contributed by atoms with van der Waals surface area (Å²) in [5.41, 5.74) is 2.74. The highest BCUT2D eigenvalue weighted by molar-refractivity contribution is 5.52. The number of likely N-dealkylation sites (N-methyl/N-ethyl adjacent to an activating group) is 1. The van der Waals surface area contributed by atoms with Gasteiger partial charge in [-0.25, -0.2) is 0 Å². The molecule has 1 N–H and O–H groups in total. The van der Waals surface area contributed by atoms with Crippen molar-refractivity contribution in [2.24, 2.45) is 0 Å². The van der Waals surface area contributed by atoms with Crippen LogP contribution < -0.4 is 10.2 Å². The molecular weight excluding hydrogens is 244 g/mol. The van der Waals surface area contributed by atoms with Crippen LogP contribution in [0.2, 0.25) is 0 Å². The molecule has 0 bridgehead atoms. The molecule has 0 heterocycles. The summed E-state index contributed by atoms with van der Waals surface area (Å²) in [7, 11) is 0. The molecule has 0 aliphatic heterocycles. The molecule has 114 valence electrons. The molecule has 0 fully saturated rings. The number of nitrogens with zero attached hydrogens (tertiary/aromatic N) is 1. The minimum absolute atomic E-state index is 0.636. The monoisotopic (exact) mass is 276 g/mol. The van der Waals surface area contributed by atoms with Gasteiger partial charge in [-0.3, -0.25) is 0 Å². The first-order chi connectivity index (χ1) is 9.69. The van der Waals surface area contributed by atoms with Crippen molar-refractivity contribution in [1.82, 2.24) is 5.32 Å². The van der Waals surface area contributed by atoms with Gasteiger partial charge in [0, 0.05) is 31.4 Å². The van der Waals surface area contributed by atoms with Gasteiger partial charge in [0.05, 0.1) is 0 Å². The number of aryl methyl sites for hydroxylation is 1. The van der Waals surface area contributed by atoms with Gasteiger partial charge in [-0.05, 0) is 38.8 Å². The molecule has 1 rings (SSSR count). The van der Waals surface area contributed by atoms with E-state index in [-0.39, 0.29) is 0 Å². The summed E-state index contributed by atoms with van der Waals surface area (Å²) < 4.78 is 0. The smallest absolute Gasteiger partial charge is 0.0396 e. The number of hydrogen-bond acceptors (Lipinski definition) is 2. The van der Waals surface area contributed by atoms with E-state index in [2.05, 4.69) is 62.2 Å². The van der Waals surface area contributed by atoms with Gasteiger partial charge in [-0.2, -0.15) is 0 Å². The van der Waals surface area contributed by atoms with Crippen LogP contribution >= 0.6 is 0 Å². The van der Waals surface area contributed by atoms with Crippen LogP contribution in [0.15, 0.2) is 24.3 Å². The Kier molecular flexibility index (Phi) is 8.36. The van der Waals surface area contributed by atoms with Gasteiger partial charge in [0.1, 0.15) is 0 Å². The predicted molar refractivity (Wildman–Crippen MR) is 90.7 cm³/mol. The second-order valence-corrected chi connectivity index (χ2v) is 5.72. The molecule has 0 aromatic heterocycles. The van der Waals surface area contributed by atoms with Crippen LogP contribution in [0.1, 0.15) is 52.0 Å². The molecule has 0 saturated carbocycles. The highest BCUT2D eigenvalue weighted by atomic mass is 15.1. The summed E-state index contributed by atoms with van der Waals surface area (Å²) in [5.74, 6) is 0. The van der Waals surface area contributed by atoms with Crippen LogP contribution in [-0.4, -0.2) is 25.7 Å². The van der Waals surface area contributed by atoms with Crippen molar-refractivity contribution in [2.45, 2.75) is 59.4 Å². The standard InChI is InChI=1S/C18H32N2/c1-5-7-8-12-17(4)19-14-15-20(6-2)18-13-10-9-11-16(18)3/h9-11,13,17,19H,5-8,12,14-15H2,1-4H3. The quantitative estimate of drug-likeness (QED) is 0.638. The number of para-hydroxylation sites is 1. The second kappa shape index (κ2) is 9.82. The lowest BCUT2D eigenvalue weighted by molar-refractivity contribution is 0.489. The normalized spacial score (nSPS) is 12.4. The van der Waals surface area contributed by atoms with Crippen molar-refractivity contribution in [3.63, 3.8) is 0 Å². The second-order valence-electron chi connectivity index (χ2n) is 5.72. The Bertz CT molecular complexity index is 362. The van der Waals surface area contributed by atoms with Gasteiger partial charge in [-0.15, -0.1) is 0 Å². The molecule has 0 aliphatic carbocycles. The van der Waals surface area contributed by atoms with Crippen molar-refractivity contribution < 1.29 is 0 Å². The number of anilines is 1. The molecule has 1 aromatic carbocycles. The summed E-state index contributed by atoms with van der Waals surface area (Å²) in [6, 6.07) is 9.30. The molecular formula is C18H32N2. The lowest BCUT2D eigenvalue weighted by Gasteiger charge is -2.26. The minimum Gasteiger partial charge on any atom is -0.370 e. The fourth-order valence-electron chi connectivity index (χ4n) is 2.62. The summed E-state index contributed by atoms with van der Waals surface area (Å²) in [4.78, 5) is 2.46. The van der Waals surface area contributed by atoms with Gasteiger partial charge in [-0.1, -0.05) is 44.4 Å². The van der Waals surface area contributed by atoms with E-state index in [0.29, 0.717) is 6.04 Å². The van der Waals surface area contributed by atoms with Crippen LogP contribution in [0, 0.1) is 6.92 Å². The fraction of sp³-hybridized carbons (Fsp3) is 0.667. The van der Waals surface area contributed by atoms with E-state index in [1.807, 2.05) is 0 Å². The number of benzene rings is 1. The van der Waals surface area contributed by atoms with E-state index in [4.69, 9.17) is 0 Å². The van der Waals surface area contributed by atoms with Gasteiger partial charge in [0.25, 0.3) is 0 Å². The maximum atomic E-state index is 3.65. The number of hydrogen-bond donors (Lipinski definition) is 1. The first kappa shape index (κ1) is 17.0. The molecule has 0 aliphatic rings. The first-order valence-corrected chi connectivity index (χ1v) is 8.23. The van der Waals surface area contributed by atoms with Gasteiger partial charge in [0.15, 0.2) is 0 Å². The SMILES string of the molecule is CCCCCC(C)NCCN(CC)c1ccccc1C. The van der Waals surface area contributed by atoms with E-state index in [0.717, 1.165) is 19.6 Å². The van der Waals surface area contributed by atoms with Crippen molar-refractivity contribution in [3.8, 4) is 0 Å². The Balaban J connectivity index is 2.33. The van der Waals surface area contributed by atoms with Gasteiger partial charge in [0.2, 0.25) is 0 Å². The lowest BCUT2D eigenvalue weighted by Crippen LogP contribution is -2.36. The lowest BCUT2D eigenvalue weighted by atomic mass is 10.1. The maximum absolute atomic E-state index is 3.65. The molecule has 0 spiro atoms. The minimum atomic E-state index is 0.636. The Labute approximate surface area is 125 Å². The molecule has 2 nitrogen and oxygen atoms in total. The Hall–Kier alpha value is -1.02. The van der Waals surface area contributed by atoms with Crippen LogP contribution in [0.3, 0.4) is 0 Å². The van der Waals surface area contributed by atoms with Crippen molar-refractivity contribution in [3.05, 3.63) is 29.8 Å². The summed E-state index contributed by atoms with van der Waals surface area (Å²) >= 11 is 0. The highest BCUT2D eigenvalue weighted by Gasteiger charge is 2.07.